The van der Waals surface area contributed by atoms with Gasteiger partial charge in [-0.05, 0) is 0 Å². The monoisotopic (exact) mass is 226 g/mol. The molecule has 2 bridgehead atoms. The SMILES string of the molecule is C1CC2OC1CN[I-]2. The topological polar surface area (TPSA) is 21.3 Å². The van der Waals surface area contributed by atoms with Crippen LogP contribution in [0.4, 0.5) is 0 Å². The van der Waals surface area contributed by atoms with E-state index < -0.39 is 0 Å². The molecule has 0 aromatic rings. The molecule has 2 aliphatic rings. The summed E-state index contributed by atoms with van der Waals surface area (Å²) in [5, 5.41) is 0. The molecular weight excluding hydrogens is 217 g/mol. The molecule has 8 heavy (non-hydrogen) atoms. The molecule has 2 aliphatic heterocycles. The quantitative estimate of drug-likeness (QED) is 0.272. The predicted octanol–water partition coefficient (Wildman–Crippen LogP) is -2.90. The molecule has 0 radical (unpaired) electrons. The molecule has 2 saturated heterocycles. The number of rotatable bonds is 0. The van der Waals surface area contributed by atoms with Crippen molar-refractivity contribution >= 4 is 0 Å². The van der Waals surface area contributed by atoms with Crippen molar-refractivity contribution in [3.63, 3.8) is 0 Å². The van der Waals surface area contributed by atoms with E-state index in [0.717, 1.165) is 6.54 Å². The standard InChI is InChI=1S/C5H9INO/c1-2-5-6-7-3-4(1)8-5/h4-5,7H,1-3H2/q-1. The van der Waals surface area contributed by atoms with Crippen molar-refractivity contribution in [2.75, 3.05) is 6.54 Å². The second-order valence-corrected chi connectivity index (χ2v) is 4.97. The molecule has 0 aromatic heterocycles. The van der Waals surface area contributed by atoms with Gasteiger partial charge in [-0.1, -0.05) is 0 Å². The number of nitrogens with one attached hydrogen (secondary N) is 1. The first kappa shape index (κ1) is 5.44. The van der Waals surface area contributed by atoms with E-state index in [9.17, 15) is 0 Å². The fourth-order valence-corrected chi connectivity index (χ4v) is 3.58. The fraction of sp³-hybridized carbons (Fsp3) is 1.00. The Labute approximate surface area is 59.6 Å². The maximum absolute atomic E-state index is 5.58. The molecular formula is C5H9INO-. The molecule has 2 heterocycles. The van der Waals surface area contributed by atoms with Crippen molar-refractivity contribution in [3.8, 4) is 0 Å². The normalized spacial score (nSPS) is 46.0. The molecule has 2 unspecified atom stereocenters. The number of hydrogen-bond acceptors (Lipinski definition) is 2. The molecule has 1 N–H and O–H groups in total. The molecule has 0 amide bonds. The predicted molar refractivity (Wildman–Crippen MR) is 25.9 cm³/mol. The Hall–Kier alpha value is 0.650. The van der Waals surface area contributed by atoms with Crippen molar-refractivity contribution in [2.24, 2.45) is 0 Å². The molecule has 2 atom stereocenters. The summed E-state index contributed by atoms with van der Waals surface area (Å²) in [6.45, 7) is 1.13. The Morgan fingerprint density at radius 1 is 1.50 bits per heavy atom. The maximum atomic E-state index is 5.58. The van der Waals surface area contributed by atoms with E-state index in [4.69, 9.17) is 4.74 Å². The van der Waals surface area contributed by atoms with Gasteiger partial charge in [-0.15, -0.1) is 0 Å². The van der Waals surface area contributed by atoms with Gasteiger partial charge in [-0.2, -0.15) is 0 Å². The van der Waals surface area contributed by atoms with Crippen molar-refractivity contribution < 1.29 is 26.2 Å². The zero-order chi connectivity index (χ0) is 5.40. The van der Waals surface area contributed by atoms with Crippen molar-refractivity contribution in [2.45, 2.75) is 23.1 Å². The summed E-state index contributed by atoms with van der Waals surface area (Å²) in [4.78, 5) is 0. The van der Waals surface area contributed by atoms with Crippen LogP contribution in [0.5, 0.6) is 0 Å². The van der Waals surface area contributed by atoms with Gasteiger partial charge in [-0.25, -0.2) is 0 Å². The van der Waals surface area contributed by atoms with Crippen molar-refractivity contribution in [1.82, 2.24) is 3.53 Å². The minimum absolute atomic E-state index is 0.218. The average Bonchev–Trinajstić information content (AvgIpc) is 2.12. The van der Waals surface area contributed by atoms with E-state index in [0.29, 0.717) is 10.2 Å². The van der Waals surface area contributed by atoms with Gasteiger partial charge >= 0.3 is 59.3 Å². The summed E-state index contributed by atoms with van der Waals surface area (Å²) in [7, 11) is 0. The van der Waals surface area contributed by atoms with Crippen LogP contribution in [0.2, 0.25) is 0 Å². The Bertz CT molecular complexity index is 84.4. The molecule has 0 aromatic carbocycles. The van der Waals surface area contributed by atoms with Crippen LogP contribution in [0.3, 0.4) is 0 Å². The van der Waals surface area contributed by atoms with Crippen LogP contribution in [0.15, 0.2) is 0 Å². The Morgan fingerprint density at radius 3 is 3.25 bits per heavy atom. The first-order valence-electron chi connectivity index (χ1n) is 2.96. The van der Waals surface area contributed by atoms with Crippen LogP contribution < -0.4 is 25.0 Å². The van der Waals surface area contributed by atoms with E-state index in [1.807, 2.05) is 0 Å². The molecule has 3 heteroatoms. The summed E-state index contributed by atoms with van der Waals surface area (Å²) in [6, 6.07) is 0. The molecule has 48 valence electrons. The minimum atomic E-state index is 0.218. The van der Waals surface area contributed by atoms with Crippen LogP contribution in [0.25, 0.3) is 0 Å². The molecule has 0 spiro atoms. The first-order valence-corrected chi connectivity index (χ1v) is 5.28. The van der Waals surface area contributed by atoms with Crippen molar-refractivity contribution in [1.29, 1.82) is 0 Å². The molecule has 0 aliphatic carbocycles. The van der Waals surface area contributed by atoms with E-state index in [-0.39, 0.29) is 21.5 Å². The van der Waals surface area contributed by atoms with Crippen LogP contribution in [-0.2, 0) is 4.74 Å². The van der Waals surface area contributed by atoms with Gasteiger partial charge in [-0.3, -0.25) is 0 Å². The Kier molecular flexibility index (Phi) is 1.44. The molecule has 0 saturated carbocycles. The number of fused-ring (bicyclic) bond motifs is 2. The second-order valence-electron chi connectivity index (χ2n) is 2.19. The Balaban J connectivity index is 2.03. The zero-order valence-corrected chi connectivity index (χ0v) is 6.72. The van der Waals surface area contributed by atoms with E-state index in [2.05, 4.69) is 3.53 Å². The zero-order valence-electron chi connectivity index (χ0n) is 4.56. The summed E-state index contributed by atoms with van der Waals surface area (Å²) in [5.74, 6) is 0. The van der Waals surface area contributed by atoms with Gasteiger partial charge in [0.1, 0.15) is 0 Å². The summed E-state index contributed by atoms with van der Waals surface area (Å²) < 4.78 is 9.68. The van der Waals surface area contributed by atoms with E-state index in [1.54, 1.807) is 0 Å². The van der Waals surface area contributed by atoms with Gasteiger partial charge in [0.15, 0.2) is 0 Å². The van der Waals surface area contributed by atoms with Gasteiger partial charge in [0.2, 0.25) is 0 Å². The number of halogens is 1. The number of ether oxygens (including phenoxy) is 1. The van der Waals surface area contributed by atoms with E-state index in [1.165, 1.54) is 12.8 Å². The molecule has 2 rings (SSSR count). The summed E-state index contributed by atoms with van der Waals surface area (Å²) in [5.41, 5.74) is 0. The van der Waals surface area contributed by atoms with Gasteiger partial charge in [0, 0.05) is 0 Å². The summed E-state index contributed by atoms with van der Waals surface area (Å²) in [6.07, 6.45) is 3.20. The van der Waals surface area contributed by atoms with Crippen molar-refractivity contribution in [3.05, 3.63) is 0 Å². The first-order chi connectivity index (χ1) is 3.95. The van der Waals surface area contributed by atoms with Crippen LogP contribution in [-0.4, -0.2) is 16.8 Å². The van der Waals surface area contributed by atoms with Gasteiger partial charge in [0.25, 0.3) is 0 Å². The Morgan fingerprint density at radius 2 is 2.50 bits per heavy atom. The van der Waals surface area contributed by atoms with Gasteiger partial charge < -0.3 is 0 Å². The second kappa shape index (κ2) is 2.11. The van der Waals surface area contributed by atoms with E-state index >= 15 is 0 Å². The number of alkyl halides is 1. The third-order valence-corrected chi connectivity index (χ3v) is 4.05. The van der Waals surface area contributed by atoms with Crippen LogP contribution in [0, 0.1) is 0 Å². The summed E-state index contributed by atoms with van der Waals surface area (Å²) >= 11 is 0.218. The fourth-order valence-electron chi connectivity index (χ4n) is 1.11. The third-order valence-electron chi connectivity index (χ3n) is 1.56. The van der Waals surface area contributed by atoms with Crippen LogP contribution >= 0.6 is 0 Å². The van der Waals surface area contributed by atoms with Gasteiger partial charge in [0.05, 0.1) is 0 Å². The molecule has 2 nitrogen and oxygen atoms in total. The van der Waals surface area contributed by atoms with Crippen LogP contribution in [0.1, 0.15) is 12.8 Å². The number of hydrogen-bond donors (Lipinski definition) is 1. The molecule has 2 fully saturated rings. The third kappa shape index (κ3) is 0.867. The average molecular weight is 226 g/mol.